The van der Waals surface area contributed by atoms with E-state index >= 15 is 14.4 Å². The van der Waals surface area contributed by atoms with Crippen LogP contribution in [0.25, 0.3) is 21.8 Å². The Labute approximate surface area is 608 Å². The lowest BCUT2D eigenvalue weighted by Gasteiger charge is -2.30. The molecule has 0 radical (unpaired) electrons. The van der Waals surface area contributed by atoms with Crippen molar-refractivity contribution in [2.75, 3.05) is 0 Å². The van der Waals surface area contributed by atoms with Gasteiger partial charge in [0.25, 0.3) is 0 Å². The number of ether oxygens (including phenoxy) is 1. The number of carbonyl (C=O) groups excluding carboxylic acids is 13. The number of esters is 1. The minimum atomic E-state index is -2.32. The third-order valence-corrected chi connectivity index (χ3v) is 16.8. The van der Waals surface area contributed by atoms with E-state index in [-0.39, 0.29) is 23.1 Å². The Hall–Kier alpha value is -12.8. The Bertz CT molecular complexity index is 4160. The Balaban J connectivity index is 1.54. The SMILES string of the molecule is CCCCCC(=O)N[C@@H](CC(=O)O)C(=O)NC1C(=O)NC(Cc2c[nH]c3ccccc23)C(=O)N[C@@H](CC(=O)O)C(=O)NC(CC(=O)O)C(=O)N[C@H](Cc2ccccc2)C(=O)N[C@@H](CC(=O)O)C(=O)N[C@@H](C)C(=O)N[C@H](CC(N)=O)C(=O)NC(CCC(=O)O)C(=O)N[C@@H](Cc2c[nH]c3ccccc23)C(=O)OC1C. The number of cyclic esters (lactones) is 1. The second kappa shape index (κ2) is 39.7. The summed E-state index contributed by atoms with van der Waals surface area (Å²) in [6.07, 6.45) is -7.41. The summed E-state index contributed by atoms with van der Waals surface area (Å²) in [5.74, 6) is -26.2. The summed E-state index contributed by atoms with van der Waals surface area (Å²) in [5, 5.41) is 75.6. The molecule has 38 nitrogen and oxygen atoms in total. The molecular weight excluding hydrogens is 1410 g/mol. The minimum Gasteiger partial charge on any atom is -0.481 e. The summed E-state index contributed by atoms with van der Waals surface area (Å²) < 4.78 is 5.92. The molecule has 3 aromatic carbocycles. The van der Waals surface area contributed by atoms with Crippen molar-refractivity contribution >= 4 is 129 Å². The normalized spacial score (nSPS) is 22.5. The highest BCUT2D eigenvalue weighted by atomic mass is 16.5. The Kier molecular flexibility index (Phi) is 30.9. The van der Waals surface area contributed by atoms with Gasteiger partial charge in [0.2, 0.25) is 70.9 Å². The lowest BCUT2D eigenvalue weighted by Crippen LogP contribution is -2.62. The molecule has 38 heteroatoms. The molecule has 0 saturated carbocycles. The fraction of sp³-hybridized carbons (Fsp3) is 0.420. The number of hydrogen-bond donors (Lipinski definition) is 19. The van der Waals surface area contributed by atoms with Crippen LogP contribution in [-0.4, -0.2) is 215 Å². The number of hydrogen-bond acceptors (Lipinski definition) is 19. The summed E-state index contributed by atoms with van der Waals surface area (Å²) in [4.78, 5) is 254. The summed E-state index contributed by atoms with van der Waals surface area (Å²) in [6, 6.07) is -2.50. The lowest BCUT2D eigenvalue weighted by molar-refractivity contribution is -0.156. The van der Waals surface area contributed by atoms with E-state index in [0.717, 1.165) is 13.8 Å². The Morgan fingerprint density at radius 3 is 1.37 bits per heavy atom. The fourth-order valence-corrected chi connectivity index (χ4v) is 11.3. The van der Waals surface area contributed by atoms with E-state index in [9.17, 15) is 97.5 Å². The highest BCUT2D eigenvalue weighted by Gasteiger charge is 2.41. The van der Waals surface area contributed by atoms with Gasteiger partial charge in [0.05, 0.1) is 32.1 Å². The van der Waals surface area contributed by atoms with Crippen molar-refractivity contribution in [3.63, 3.8) is 0 Å². The molecule has 107 heavy (non-hydrogen) atoms. The molecule has 6 rings (SSSR count). The zero-order chi connectivity index (χ0) is 78.8. The molecule has 1 aliphatic rings. The smallest absolute Gasteiger partial charge is 0.329 e. The second-order valence-corrected chi connectivity index (χ2v) is 25.2. The number of primary amides is 1. The molecule has 12 atom stereocenters. The van der Waals surface area contributed by atoms with E-state index in [1.807, 2.05) is 6.92 Å². The van der Waals surface area contributed by atoms with Crippen molar-refractivity contribution in [2.24, 2.45) is 5.73 Å². The zero-order valence-electron chi connectivity index (χ0n) is 58.1. The van der Waals surface area contributed by atoms with Gasteiger partial charge in [-0.3, -0.25) is 81.5 Å². The first-order chi connectivity index (χ1) is 50.7. The van der Waals surface area contributed by atoms with Crippen LogP contribution in [-0.2, 0) is 110 Å². The van der Waals surface area contributed by atoms with E-state index in [2.05, 4.69) is 68.5 Å². The van der Waals surface area contributed by atoms with Crippen molar-refractivity contribution < 1.29 is 117 Å². The van der Waals surface area contributed by atoms with Gasteiger partial charge in [-0.05, 0) is 55.5 Å². The Morgan fingerprint density at radius 1 is 0.458 bits per heavy atom. The van der Waals surface area contributed by atoms with Gasteiger partial charge in [-0.1, -0.05) is 86.5 Å². The maximum Gasteiger partial charge on any atom is 0.329 e. The number of carbonyl (C=O) groups is 18. The third-order valence-electron chi connectivity index (χ3n) is 16.8. The first kappa shape index (κ1) is 83.1. The number of para-hydroxylation sites is 2. The maximum atomic E-state index is 15.4. The summed E-state index contributed by atoms with van der Waals surface area (Å²) in [6.45, 7) is 3.84. The van der Waals surface area contributed by atoms with Crippen molar-refractivity contribution in [1.82, 2.24) is 68.5 Å². The van der Waals surface area contributed by atoms with E-state index in [0.29, 0.717) is 41.1 Å². The molecule has 0 aliphatic carbocycles. The molecule has 1 aliphatic heterocycles. The summed E-state index contributed by atoms with van der Waals surface area (Å²) >= 11 is 0. The molecule has 12 amide bonds. The Morgan fingerprint density at radius 2 is 0.879 bits per heavy atom. The number of aliphatic carboxylic acids is 5. The predicted molar refractivity (Wildman–Crippen MR) is 370 cm³/mol. The number of carboxylic acids is 5. The highest BCUT2D eigenvalue weighted by molar-refractivity contribution is 6.02. The molecule has 2 aromatic heterocycles. The molecule has 5 unspecified atom stereocenters. The first-order valence-corrected chi connectivity index (χ1v) is 33.7. The maximum absolute atomic E-state index is 15.4. The number of H-pyrrole nitrogens is 2. The van der Waals surface area contributed by atoms with Gasteiger partial charge in [0, 0.05) is 66.3 Å². The lowest BCUT2D eigenvalue weighted by atomic mass is 10.0. The van der Waals surface area contributed by atoms with Crippen LogP contribution in [0, 0.1) is 0 Å². The number of aromatic amines is 2. The number of fused-ring (bicyclic) bond motifs is 2. The van der Waals surface area contributed by atoms with E-state index < -0.39 is 243 Å². The van der Waals surface area contributed by atoms with Gasteiger partial charge in [-0.2, -0.15) is 0 Å². The van der Waals surface area contributed by atoms with Crippen LogP contribution in [0.4, 0.5) is 0 Å². The number of nitrogens with two attached hydrogens (primary N) is 1. The molecule has 3 heterocycles. The molecule has 0 bridgehead atoms. The standard InChI is InChI=1S/C69H84N14O24/c1-4-5-7-20-52(85)74-46(27-54(88)89)67(104)83-58-34(3)107-69(106)50(25-37-32-72-41-19-13-11-17-39(37)41)82-60(97)42(21-22-53(86)87)75-64(101)45(26-51(70)84)76-59(96)33(2)73-61(98)47(28-55(90)91)78-62(99)43(23-35-14-8-6-9-15-35)77-65(102)48(29-56(92)93)80-66(103)49(30-57(94)95)79-63(100)44(81-68(58)105)24-36-31-71-40-18-12-10-16-38(36)40/h6,8-19,31-34,42-50,58,71-72H,4-5,7,20-30H2,1-3H3,(H2,70,84)(H,73,98)(H,74,85)(H,75,101)(H,76,96)(H,77,102)(H,78,99)(H,79,100)(H,80,103)(H,81,105)(H,82,97)(H,83,104)(H,86,87)(H,88,89)(H,90,91)(H,92,93)(H,94,95)/t33-,34?,42?,43+,44?,45+,46-,47-,48?,49-,50-,58?/m0/s1. The van der Waals surface area contributed by atoms with E-state index in [1.54, 1.807) is 54.6 Å². The van der Waals surface area contributed by atoms with Crippen LogP contribution < -0.4 is 64.2 Å². The van der Waals surface area contributed by atoms with Crippen molar-refractivity contribution in [3.8, 4) is 0 Å². The number of nitrogens with one attached hydrogen (secondary N) is 13. The number of amides is 12. The van der Waals surface area contributed by atoms with Gasteiger partial charge in [-0.15, -0.1) is 0 Å². The molecule has 574 valence electrons. The van der Waals surface area contributed by atoms with E-state index in [4.69, 9.17) is 10.5 Å². The van der Waals surface area contributed by atoms with E-state index in [1.165, 1.54) is 36.7 Å². The van der Waals surface area contributed by atoms with Crippen LogP contribution in [0.2, 0.25) is 0 Å². The van der Waals surface area contributed by atoms with Crippen LogP contribution in [0.1, 0.15) is 108 Å². The number of aromatic nitrogens is 2. The molecule has 1 saturated heterocycles. The van der Waals surface area contributed by atoms with Crippen LogP contribution in [0.5, 0.6) is 0 Å². The van der Waals surface area contributed by atoms with Crippen LogP contribution >= 0.6 is 0 Å². The molecular formula is C69H84N14O24. The zero-order valence-corrected chi connectivity index (χ0v) is 58.1. The topological polar surface area (TPSA) is 608 Å². The van der Waals surface area contributed by atoms with Gasteiger partial charge >= 0.3 is 35.8 Å². The largest absolute Gasteiger partial charge is 0.481 e. The van der Waals surface area contributed by atoms with Crippen molar-refractivity contribution in [3.05, 3.63) is 108 Å². The number of rotatable bonds is 26. The summed E-state index contributed by atoms with van der Waals surface area (Å²) in [5.41, 5.74) is 7.23. The predicted octanol–water partition coefficient (Wildman–Crippen LogP) is -2.81. The minimum absolute atomic E-state index is 0.199. The third kappa shape index (κ3) is 25.8. The fourth-order valence-electron chi connectivity index (χ4n) is 11.3. The molecule has 0 spiro atoms. The average Bonchev–Trinajstić information content (AvgIpc) is 1.55. The molecule has 1 fully saturated rings. The van der Waals surface area contributed by atoms with Gasteiger partial charge in [-0.25, -0.2) is 4.79 Å². The van der Waals surface area contributed by atoms with Crippen molar-refractivity contribution in [1.29, 1.82) is 0 Å². The molecule has 5 aromatic rings. The van der Waals surface area contributed by atoms with Crippen LogP contribution in [0.3, 0.4) is 0 Å². The highest BCUT2D eigenvalue weighted by Crippen LogP contribution is 2.23. The van der Waals surface area contributed by atoms with Crippen LogP contribution in [0.15, 0.2) is 91.3 Å². The number of carboxylic acid groups (broad SMARTS) is 5. The summed E-state index contributed by atoms with van der Waals surface area (Å²) in [7, 11) is 0. The number of unbranched alkanes of at least 4 members (excludes halogenated alkanes) is 2. The van der Waals surface area contributed by atoms with Gasteiger partial charge in [0.15, 0.2) is 0 Å². The van der Waals surface area contributed by atoms with Gasteiger partial charge < -0.3 is 104 Å². The quantitative estimate of drug-likeness (QED) is 0.0196. The van der Waals surface area contributed by atoms with Crippen molar-refractivity contribution in [2.45, 2.75) is 183 Å². The molecule has 20 N–H and O–H groups in total. The average molecular weight is 1490 g/mol. The first-order valence-electron chi connectivity index (χ1n) is 33.7. The second-order valence-electron chi connectivity index (χ2n) is 25.2. The number of benzene rings is 3. The van der Waals surface area contributed by atoms with Gasteiger partial charge in [0.1, 0.15) is 72.6 Å². The monoisotopic (exact) mass is 1490 g/mol.